The number of aliphatic hydroxyl groups excluding tert-OH is 1. The van der Waals surface area contributed by atoms with Crippen molar-refractivity contribution in [3.63, 3.8) is 0 Å². The van der Waals surface area contributed by atoms with Crippen molar-refractivity contribution in [1.29, 1.82) is 0 Å². The van der Waals surface area contributed by atoms with Gasteiger partial charge in [0.1, 0.15) is 6.61 Å². The van der Waals surface area contributed by atoms with Crippen molar-refractivity contribution in [1.82, 2.24) is 0 Å². The van der Waals surface area contributed by atoms with E-state index in [1.165, 1.54) is 7.11 Å². The van der Waals surface area contributed by atoms with Crippen LogP contribution in [0.25, 0.3) is 0 Å². The minimum atomic E-state index is -1.17. The van der Waals surface area contributed by atoms with Crippen molar-refractivity contribution in [2.45, 2.75) is 24.7 Å². The monoisotopic (exact) mass is 162 g/mol. The highest BCUT2D eigenvalue weighted by Gasteiger charge is 2.33. The SMILES string of the molecule is COCC1(O)CCC(O)CO1. The predicted molar refractivity (Wildman–Crippen MR) is 38.0 cm³/mol. The van der Waals surface area contributed by atoms with Crippen LogP contribution in [0.3, 0.4) is 0 Å². The van der Waals surface area contributed by atoms with Gasteiger partial charge >= 0.3 is 0 Å². The number of aliphatic hydroxyl groups is 2. The van der Waals surface area contributed by atoms with Gasteiger partial charge in [-0.25, -0.2) is 0 Å². The summed E-state index contributed by atoms with van der Waals surface area (Å²) >= 11 is 0. The van der Waals surface area contributed by atoms with E-state index in [9.17, 15) is 5.11 Å². The molecular weight excluding hydrogens is 148 g/mol. The van der Waals surface area contributed by atoms with E-state index in [1.54, 1.807) is 0 Å². The number of ether oxygens (including phenoxy) is 2. The Bertz CT molecular complexity index is 118. The zero-order valence-corrected chi connectivity index (χ0v) is 6.62. The molecule has 2 unspecified atom stereocenters. The Morgan fingerprint density at radius 2 is 2.45 bits per heavy atom. The Hall–Kier alpha value is -0.160. The molecule has 1 rings (SSSR count). The molecule has 4 heteroatoms. The zero-order chi connectivity index (χ0) is 8.32. The standard InChI is InChI=1S/C7H14O4/c1-10-5-7(9)3-2-6(8)4-11-7/h6,8-9H,2-5H2,1H3. The normalized spacial score (nSPS) is 39.0. The average molecular weight is 162 g/mol. The second kappa shape index (κ2) is 3.49. The van der Waals surface area contributed by atoms with Gasteiger partial charge in [-0.1, -0.05) is 0 Å². The van der Waals surface area contributed by atoms with Crippen LogP contribution in [0.1, 0.15) is 12.8 Å². The summed E-state index contributed by atoms with van der Waals surface area (Å²) in [4.78, 5) is 0. The largest absolute Gasteiger partial charge is 0.391 e. The van der Waals surface area contributed by atoms with Gasteiger partial charge in [0.2, 0.25) is 0 Å². The molecular formula is C7H14O4. The number of methoxy groups -OCH3 is 1. The van der Waals surface area contributed by atoms with Crippen LogP contribution in [0.15, 0.2) is 0 Å². The lowest BCUT2D eigenvalue weighted by atomic mass is 10.0. The van der Waals surface area contributed by atoms with Gasteiger partial charge in [-0.15, -0.1) is 0 Å². The summed E-state index contributed by atoms with van der Waals surface area (Å²) in [5.74, 6) is -1.17. The van der Waals surface area contributed by atoms with Gasteiger partial charge in [-0.2, -0.15) is 0 Å². The third-order valence-corrected chi connectivity index (χ3v) is 1.78. The molecule has 4 nitrogen and oxygen atoms in total. The minimum absolute atomic E-state index is 0.166. The van der Waals surface area contributed by atoms with E-state index in [0.29, 0.717) is 12.8 Å². The topological polar surface area (TPSA) is 58.9 Å². The van der Waals surface area contributed by atoms with Gasteiger partial charge in [0.15, 0.2) is 5.79 Å². The van der Waals surface area contributed by atoms with Crippen LogP contribution in [0, 0.1) is 0 Å². The Labute approximate surface area is 65.7 Å². The lowest BCUT2D eigenvalue weighted by molar-refractivity contribution is -0.263. The van der Waals surface area contributed by atoms with E-state index in [4.69, 9.17) is 14.6 Å². The zero-order valence-electron chi connectivity index (χ0n) is 6.62. The molecule has 0 radical (unpaired) electrons. The van der Waals surface area contributed by atoms with Gasteiger partial charge in [0.05, 0.1) is 12.7 Å². The third kappa shape index (κ3) is 2.41. The molecule has 1 aliphatic heterocycles. The molecule has 0 aromatic rings. The molecule has 1 saturated heterocycles. The van der Waals surface area contributed by atoms with Crippen LogP contribution in [0.4, 0.5) is 0 Å². The molecule has 0 amide bonds. The molecule has 0 spiro atoms. The van der Waals surface area contributed by atoms with Crippen LogP contribution in [0.5, 0.6) is 0 Å². The Balaban J connectivity index is 2.35. The molecule has 1 heterocycles. The first kappa shape index (κ1) is 8.93. The van der Waals surface area contributed by atoms with Gasteiger partial charge in [-0.05, 0) is 6.42 Å². The van der Waals surface area contributed by atoms with Crippen molar-refractivity contribution in [3.8, 4) is 0 Å². The number of rotatable bonds is 2. The lowest BCUT2D eigenvalue weighted by Crippen LogP contribution is -2.44. The van der Waals surface area contributed by atoms with Crippen molar-refractivity contribution in [3.05, 3.63) is 0 Å². The first-order valence-corrected chi connectivity index (χ1v) is 3.70. The average Bonchev–Trinajstić information content (AvgIpc) is 1.97. The van der Waals surface area contributed by atoms with Gasteiger partial charge in [-0.3, -0.25) is 0 Å². The molecule has 1 fully saturated rings. The summed E-state index contributed by atoms with van der Waals surface area (Å²) in [6, 6.07) is 0. The van der Waals surface area contributed by atoms with Gasteiger partial charge < -0.3 is 19.7 Å². The Morgan fingerprint density at radius 1 is 1.73 bits per heavy atom. The highest BCUT2D eigenvalue weighted by atomic mass is 16.7. The van der Waals surface area contributed by atoms with Crippen LogP contribution >= 0.6 is 0 Å². The van der Waals surface area contributed by atoms with Crippen LogP contribution in [-0.2, 0) is 9.47 Å². The van der Waals surface area contributed by atoms with Crippen molar-refractivity contribution in [2.75, 3.05) is 20.3 Å². The van der Waals surface area contributed by atoms with E-state index < -0.39 is 11.9 Å². The Morgan fingerprint density at radius 3 is 2.91 bits per heavy atom. The molecule has 2 N–H and O–H groups in total. The van der Waals surface area contributed by atoms with Crippen LogP contribution in [0.2, 0.25) is 0 Å². The van der Waals surface area contributed by atoms with Crippen LogP contribution in [-0.4, -0.2) is 42.4 Å². The molecule has 0 saturated carbocycles. The highest BCUT2D eigenvalue weighted by Crippen LogP contribution is 2.22. The van der Waals surface area contributed by atoms with Gasteiger partial charge in [0.25, 0.3) is 0 Å². The molecule has 0 bridgehead atoms. The summed E-state index contributed by atoms with van der Waals surface area (Å²) in [6.07, 6.45) is 0.564. The molecule has 0 aromatic carbocycles. The summed E-state index contributed by atoms with van der Waals surface area (Å²) in [5.41, 5.74) is 0. The first-order valence-electron chi connectivity index (χ1n) is 3.70. The molecule has 0 aromatic heterocycles. The second-order valence-corrected chi connectivity index (χ2v) is 2.88. The van der Waals surface area contributed by atoms with Gasteiger partial charge in [0, 0.05) is 13.5 Å². The summed E-state index contributed by atoms with van der Waals surface area (Å²) in [5, 5.41) is 18.6. The fourth-order valence-electron chi connectivity index (χ4n) is 1.14. The molecule has 1 aliphatic rings. The predicted octanol–water partition coefficient (Wildman–Crippen LogP) is -0.507. The van der Waals surface area contributed by atoms with Crippen molar-refractivity contribution in [2.24, 2.45) is 0 Å². The van der Waals surface area contributed by atoms with Crippen LogP contribution < -0.4 is 0 Å². The van der Waals surface area contributed by atoms with Crippen molar-refractivity contribution < 1.29 is 19.7 Å². The lowest BCUT2D eigenvalue weighted by Gasteiger charge is -2.33. The molecule has 66 valence electrons. The number of hydrogen-bond acceptors (Lipinski definition) is 4. The summed E-state index contributed by atoms with van der Waals surface area (Å²) < 4.78 is 9.76. The second-order valence-electron chi connectivity index (χ2n) is 2.88. The molecule has 0 aliphatic carbocycles. The van der Waals surface area contributed by atoms with E-state index in [-0.39, 0.29) is 13.2 Å². The smallest absolute Gasteiger partial charge is 0.189 e. The van der Waals surface area contributed by atoms with Crippen molar-refractivity contribution >= 4 is 0 Å². The minimum Gasteiger partial charge on any atom is -0.391 e. The Kier molecular flexibility index (Phi) is 2.84. The maximum atomic E-state index is 9.53. The van der Waals surface area contributed by atoms with E-state index in [2.05, 4.69) is 0 Å². The third-order valence-electron chi connectivity index (χ3n) is 1.78. The van der Waals surface area contributed by atoms with E-state index in [1.807, 2.05) is 0 Å². The highest BCUT2D eigenvalue weighted by molar-refractivity contribution is 4.74. The fourth-order valence-corrected chi connectivity index (χ4v) is 1.14. The quantitative estimate of drug-likeness (QED) is 0.574. The number of hydrogen-bond donors (Lipinski definition) is 2. The van der Waals surface area contributed by atoms with E-state index in [0.717, 1.165) is 0 Å². The maximum absolute atomic E-state index is 9.53. The molecule has 2 atom stereocenters. The maximum Gasteiger partial charge on any atom is 0.189 e. The van der Waals surface area contributed by atoms with E-state index >= 15 is 0 Å². The first-order chi connectivity index (χ1) is 5.16. The summed E-state index contributed by atoms with van der Waals surface area (Å²) in [7, 11) is 1.51. The molecule has 11 heavy (non-hydrogen) atoms. The summed E-state index contributed by atoms with van der Waals surface area (Å²) in [6.45, 7) is 0.361. The fraction of sp³-hybridized carbons (Fsp3) is 1.00.